The number of para-hydroxylation sites is 1. The van der Waals surface area contributed by atoms with E-state index in [4.69, 9.17) is 21.3 Å². The van der Waals surface area contributed by atoms with Crippen molar-refractivity contribution in [3.63, 3.8) is 0 Å². The van der Waals surface area contributed by atoms with Crippen LogP contribution in [0.5, 0.6) is 11.5 Å². The van der Waals surface area contributed by atoms with Gasteiger partial charge < -0.3 is 14.7 Å². The number of thiazole rings is 1. The van der Waals surface area contributed by atoms with E-state index in [9.17, 15) is 5.11 Å². The lowest BCUT2D eigenvalue weighted by Crippen LogP contribution is -2.15. The van der Waals surface area contributed by atoms with Crippen LogP contribution in [-0.4, -0.2) is 15.1 Å². The number of benzene rings is 2. The molecule has 0 saturated carbocycles. The van der Waals surface area contributed by atoms with Crippen LogP contribution in [0.3, 0.4) is 0 Å². The maximum absolute atomic E-state index is 10.6. The fourth-order valence-corrected chi connectivity index (χ4v) is 4.41. The molecule has 1 aliphatic rings. The van der Waals surface area contributed by atoms with Gasteiger partial charge >= 0.3 is 0 Å². The molecular formula is C24H18ClN3O2S. The smallest absolute Gasteiger partial charge is 0.190 e. The Balaban J connectivity index is 1.48. The van der Waals surface area contributed by atoms with E-state index >= 15 is 0 Å². The number of aliphatic hydroxyl groups is 1. The van der Waals surface area contributed by atoms with Crippen molar-refractivity contribution in [1.82, 2.24) is 9.97 Å². The van der Waals surface area contributed by atoms with Crippen molar-refractivity contribution in [1.29, 1.82) is 0 Å². The highest BCUT2D eigenvalue weighted by molar-refractivity contribution is 7.13. The highest BCUT2D eigenvalue weighted by Crippen LogP contribution is 2.44. The topological polar surface area (TPSA) is 58.5 Å². The summed E-state index contributed by atoms with van der Waals surface area (Å²) in [5, 5.41) is 13.9. The molecule has 1 unspecified atom stereocenters. The highest BCUT2D eigenvalue weighted by Gasteiger charge is 2.24. The van der Waals surface area contributed by atoms with Crippen LogP contribution < -0.4 is 9.64 Å². The molecule has 1 atom stereocenters. The summed E-state index contributed by atoms with van der Waals surface area (Å²) in [6.45, 7) is 0.583. The normalized spacial score (nSPS) is 13.9. The zero-order valence-corrected chi connectivity index (χ0v) is 17.9. The van der Waals surface area contributed by atoms with Gasteiger partial charge in [-0.25, -0.2) is 4.98 Å². The highest BCUT2D eigenvalue weighted by atomic mass is 35.5. The van der Waals surface area contributed by atoms with E-state index in [0.717, 1.165) is 27.7 Å². The second kappa shape index (κ2) is 8.51. The molecular weight excluding hydrogens is 430 g/mol. The molecule has 4 aromatic rings. The van der Waals surface area contributed by atoms with E-state index in [1.54, 1.807) is 18.5 Å². The summed E-state index contributed by atoms with van der Waals surface area (Å²) in [5.74, 6) is 1.52. The molecule has 5 nitrogen and oxygen atoms in total. The standard InChI is InChI=1S/C24H18ClN3O2S/c25-18-6-8-23-20(13-18)28(14-17-3-1-2-4-22(17)30-23)24-27-19(15-31-24)21(29)7-5-16-9-11-26-12-10-16/h1-13,15,21,29H,14H2/b7-5-. The van der Waals surface area contributed by atoms with E-state index in [-0.39, 0.29) is 0 Å². The Morgan fingerprint density at radius 2 is 1.94 bits per heavy atom. The van der Waals surface area contributed by atoms with Crippen LogP contribution in [-0.2, 0) is 6.54 Å². The molecule has 7 heteroatoms. The average molecular weight is 448 g/mol. The van der Waals surface area contributed by atoms with Crippen LogP contribution in [0.1, 0.15) is 22.9 Å². The van der Waals surface area contributed by atoms with Crippen molar-refractivity contribution < 1.29 is 9.84 Å². The molecule has 154 valence electrons. The number of aliphatic hydroxyl groups excluding tert-OH is 1. The number of anilines is 2. The van der Waals surface area contributed by atoms with Crippen LogP contribution in [0.2, 0.25) is 5.02 Å². The fourth-order valence-electron chi connectivity index (χ4n) is 3.38. The maximum Gasteiger partial charge on any atom is 0.190 e. The third kappa shape index (κ3) is 4.18. The van der Waals surface area contributed by atoms with Gasteiger partial charge in [0.1, 0.15) is 11.9 Å². The quantitative estimate of drug-likeness (QED) is 0.393. The molecule has 0 amide bonds. The summed E-state index contributed by atoms with van der Waals surface area (Å²) in [7, 11) is 0. The SMILES string of the molecule is OC(/C=C\c1ccncc1)c1csc(N2Cc3ccccc3Oc3ccc(Cl)cc32)n1. The Kier molecular flexibility index (Phi) is 5.42. The zero-order chi connectivity index (χ0) is 21.2. The van der Waals surface area contributed by atoms with Crippen molar-refractivity contribution in [3.8, 4) is 11.5 Å². The first-order valence-electron chi connectivity index (χ1n) is 9.72. The van der Waals surface area contributed by atoms with Gasteiger partial charge in [-0.15, -0.1) is 11.3 Å². The third-order valence-electron chi connectivity index (χ3n) is 4.95. The average Bonchev–Trinajstić information content (AvgIpc) is 3.23. The van der Waals surface area contributed by atoms with Gasteiger partial charge in [-0.1, -0.05) is 35.9 Å². The molecule has 2 aromatic heterocycles. The van der Waals surface area contributed by atoms with Crippen LogP contribution in [0.15, 0.2) is 78.4 Å². The molecule has 31 heavy (non-hydrogen) atoms. The van der Waals surface area contributed by atoms with Crippen LogP contribution >= 0.6 is 22.9 Å². The Labute approximate surface area is 188 Å². The molecule has 0 bridgehead atoms. The van der Waals surface area contributed by atoms with Gasteiger partial charge in [0.2, 0.25) is 0 Å². The fraction of sp³-hybridized carbons (Fsp3) is 0.0833. The number of nitrogens with zero attached hydrogens (tertiary/aromatic N) is 3. The Morgan fingerprint density at radius 1 is 1.10 bits per heavy atom. The minimum absolute atomic E-state index is 0.583. The molecule has 1 N–H and O–H groups in total. The van der Waals surface area contributed by atoms with Crippen LogP contribution in [0.25, 0.3) is 6.08 Å². The van der Waals surface area contributed by atoms with Gasteiger partial charge in [-0.05, 0) is 48.0 Å². The molecule has 0 spiro atoms. The lowest BCUT2D eigenvalue weighted by molar-refractivity contribution is 0.225. The molecule has 0 radical (unpaired) electrons. The molecule has 0 saturated heterocycles. The van der Waals surface area contributed by atoms with Crippen LogP contribution in [0, 0.1) is 0 Å². The van der Waals surface area contributed by atoms with Crippen LogP contribution in [0.4, 0.5) is 10.8 Å². The molecule has 1 aliphatic heterocycles. The van der Waals surface area contributed by atoms with Crippen molar-refractivity contribution in [2.24, 2.45) is 0 Å². The number of ether oxygens (including phenoxy) is 1. The molecule has 2 aromatic carbocycles. The number of fused-ring (bicyclic) bond motifs is 2. The van der Waals surface area contributed by atoms with Crippen molar-refractivity contribution >= 4 is 39.8 Å². The summed E-state index contributed by atoms with van der Waals surface area (Å²) in [5.41, 5.74) is 3.44. The van der Waals surface area contributed by atoms with Gasteiger partial charge in [-0.2, -0.15) is 0 Å². The first-order chi connectivity index (χ1) is 15.2. The van der Waals surface area contributed by atoms with Gasteiger partial charge in [0, 0.05) is 28.4 Å². The third-order valence-corrected chi connectivity index (χ3v) is 6.07. The number of halogens is 1. The van der Waals surface area contributed by atoms with Crippen molar-refractivity contribution in [2.45, 2.75) is 12.6 Å². The summed E-state index contributed by atoms with van der Waals surface area (Å²) < 4.78 is 6.16. The number of pyridine rings is 1. The summed E-state index contributed by atoms with van der Waals surface area (Å²) in [6.07, 6.45) is 6.20. The lowest BCUT2D eigenvalue weighted by Gasteiger charge is -2.21. The maximum atomic E-state index is 10.6. The van der Waals surface area contributed by atoms with E-state index in [1.165, 1.54) is 11.3 Å². The van der Waals surface area contributed by atoms with Gasteiger partial charge in [-0.3, -0.25) is 4.98 Å². The van der Waals surface area contributed by atoms with E-state index in [2.05, 4.69) is 9.88 Å². The number of hydrogen-bond donors (Lipinski definition) is 1. The minimum atomic E-state index is -0.812. The molecule has 3 heterocycles. The molecule has 0 aliphatic carbocycles. The molecule has 5 rings (SSSR count). The Morgan fingerprint density at radius 3 is 2.81 bits per heavy atom. The monoisotopic (exact) mass is 447 g/mol. The van der Waals surface area contributed by atoms with Crippen molar-refractivity contribution in [3.05, 3.63) is 100 Å². The predicted molar refractivity (Wildman–Crippen MR) is 124 cm³/mol. The zero-order valence-electron chi connectivity index (χ0n) is 16.4. The number of aromatic nitrogens is 2. The van der Waals surface area contributed by atoms with Gasteiger partial charge in [0.15, 0.2) is 10.9 Å². The van der Waals surface area contributed by atoms with E-state index < -0.39 is 6.10 Å². The first kappa shape index (κ1) is 19.8. The first-order valence-corrected chi connectivity index (χ1v) is 11.0. The summed E-state index contributed by atoms with van der Waals surface area (Å²) in [4.78, 5) is 10.8. The Hall–Kier alpha value is -3.19. The van der Waals surface area contributed by atoms with Crippen molar-refractivity contribution in [2.75, 3.05) is 4.90 Å². The second-order valence-electron chi connectivity index (χ2n) is 7.05. The summed E-state index contributed by atoms with van der Waals surface area (Å²) in [6, 6.07) is 17.3. The number of hydrogen-bond acceptors (Lipinski definition) is 6. The lowest BCUT2D eigenvalue weighted by atomic mass is 10.2. The van der Waals surface area contributed by atoms with Gasteiger partial charge in [0.25, 0.3) is 0 Å². The van der Waals surface area contributed by atoms with Gasteiger partial charge in [0.05, 0.1) is 17.9 Å². The number of rotatable bonds is 4. The van der Waals surface area contributed by atoms with E-state index in [1.807, 2.05) is 66.1 Å². The minimum Gasteiger partial charge on any atom is -0.455 e. The molecule has 0 fully saturated rings. The second-order valence-corrected chi connectivity index (χ2v) is 8.32. The predicted octanol–water partition coefficient (Wildman–Crippen LogP) is 6.38. The summed E-state index contributed by atoms with van der Waals surface area (Å²) >= 11 is 7.77. The van der Waals surface area contributed by atoms with E-state index in [0.29, 0.717) is 23.0 Å². The Bertz CT molecular complexity index is 1240. The largest absolute Gasteiger partial charge is 0.455 e.